The van der Waals surface area contributed by atoms with Gasteiger partial charge in [0.2, 0.25) is 0 Å². The van der Waals surface area contributed by atoms with E-state index in [2.05, 4.69) is 72.9 Å². The molecular formula is C17H13. The Bertz CT molecular complexity index is 555. The van der Waals surface area contributed by atoms with Gasteiger partial charge < -0.3 is 0 Å². The average molecular weight is 217 g/mol. The average Bonchev–Trinajstić information content (AvgIpc) is 2.72. The predicted molar refractivity (Wildman–Crippen MR) is 72.1 cm³/mol. The molecule has 0 N–H and O–H groups in total. The Kier molecular flexibility index (Phi) is 2.63. The molecule has 0 aromatic heterocycles. The summed E-state index contributed by atoms with van der Waals surface area (Å²) >= 11 is 0. The molecule has 0 heterocycles. The van der Waals surface area contributed by atoms with Gasteiger partial charge in [-0.3, -0.25) is 0 Å². The summed E-state index contributed by atoms with van der Waals surface area (Å²) in [4.78, 5) is 0. The summed E-state index contributed by atoms with van der Waals surface area (Å²) in [5.41, 5.74) is 3.82. The maximum atomic E-state index is 3.36. The van der Waals surface area contributed by atoms with Crippen molar-refractivity contribution in [1.29, 1.82) is 0 Å². The van der Waals surface area contributed by atoms with Gasteiger partial charge >= 0.3 is 0 Å². The first kappa shape index (κ1) is 10.1. The van der Waals surface area contributed by atoms with Gasteiger partial charge in [0.15, 0.2) is 0 Å². The second kappa shape index (κ2) is 4.42. The molecule has 0 amide bonds. The van der Waals surface area contributed by atoms with Crippen molar-refractivity contribution in [1.82, 2.24) is 0 Å². The van der Waals surface area contributed by atoms with E-state index in [9.17, 15) is 0 Å². The molecule has 81 valence electrons. The van der Waals surface area contributed by atoms with Crippen molar-refractivity contribution in [2.24, 2.45) is 5.92 Å². The van der Waals surface area contributed by atoms with Crippen LogP contribution in [0, 0.1) is 12.0 Å². The molecule has 17 heavy (non-hydrogen) atoms. The molecule has 0 saturated carbocycles. The minimum Gasteiger partial charge on any atom is -0.0726 e. The third-order valence-corrected chi connectivity index (χ3v) is 3.09. The molecule has 0 saturated heterocycles. The smallest absolute Gasteiger partial charge is 0.0284 e. The van der Waals surface area contributed by atoms with Crippen LogP contribution in [-0.2, 0) is 0 Å². The van der Waals surface area contributed by atoms with Crippen molar-refractivity contribution in [2.75, 3.05) is 0 Å². The Morgan fingerprint density at radius 2 is 1.71 bits per heavy atom. The highest BCUT2D eigenvalue weighted by Gasteiger charge is 2.19. The number of fused-ring (bicyclic) bond motifs is 3. The van der Waals surface area contributed by atoms with Gasteiger partial charge in [0.05, 0.1) is 0 Å². The molecule has 3 aliphatic carbocycles. The van der Waals surface area contributed by atoms with Gasteiger partial charge in [0.1, 0.15) is 0 Å². The Labute approximate surface area is 102 Å². The minimum atomic E-state index is 0.308. The Morgan fingerprint density at radius 1 is 0.824 bits per heavy atom. The van der Waals surface area contributed by atoms with Crippen molar-refractivity contribution in [2.45, 2.75) is 0 Å². The van der Waals surface area contributed by atoms with E-state index in [0.717, 1.165) is 0 Å². The van der Waals surface area contributed by atoms with E-state index in [1.807, 2.05) is 6.08 Å². The highest BCUT2D eigenvalue weighted by atomic mass is 14.2. The van der Waals surface area contributed by atoms with Crippen LogP contribution in [0.2, 0.25) is 0 Å². The summed E-state index contributed by atoms with van der Waals surface area (Å²) in [6, 6.07) is 0. The van der Waals surface area contributed by atoms with Gasteiger partial charge in [-0.25, -0.2) is 0 Å². The zero-order valence-electron chi connectivity index (χ0n) is 9.51. The topological polar surface area (TPSA) is 0 Å². The predicted octanol–water partition coefficient (Wildman–Crippen LogP) is 4.01. The van der Waals surface area contributed by atoms with Gasteiger partial charge in [0, 0.05) is 5.92 Å². The van der Waals surface area contributed by atoms with Crippen LogP contribution in [0.5, 0.6) is 0 Å². The van der Waals surface area contributed by atoms with Crippen LogP contribution in [0.1, 0.15) is 0 Å². The Balaban J connectivity index is 2.14. The van der Waals surface area contributed by atoms with E-state index in [1.165, 1.54) is 16.7 Å². The lowest BCUT2D eigenvalue weighted by Gasteiger charge is -2.16. The highest BCUT2D eigenvalue weighted by molar-refractivity contribution is 5.55. The first-order chi connectivity index (χ1) is 8.45. The highest BCUT2D eigenvalue weighted by Crippen LogP contribution is 2.33. The summed E-state index contributed by atoms with van der Waals surface area (Å²) in [7, 11) is 0. The van der Waals surface area contributed by atoms with Crippen LogP contribution in [0.15, 0.2) is 89.6 Å². The molecular weight excluding hydrogens is 204 g/mol. The first-order valence-electron chi connectivity index (χ1n) is 5.85. The zero-order valence-corrected chi connectivity index (χ0v) is 9.51. The number of hydrogen-bond acceptors (Lipinski definition) is 0. The lowest BCUT2D eigenvalue weighted by Crippen LogP contribution is -2.04. The maximum Gasteiger partial charge on any atom is 0.0284 e. The van der Waals surface area contributed by atoms with E-state index in [0.29, 0.717) is 5.92 Å². The summed E-state index contributed by atoms with van der Waals surface area (Å²) in [6.45, 7) is 0. The van der Waals surface area contributed by atoms with Crippen molar-refractivity contribution in [3.63, 3.8) is 0 Å². The third kappa shape index (κ3) is 1.94. The molecule has 0 spiro atoms. The van der Waals surface area contributed by atoms with Gasteiger partial charge in [-0.15, -0.1) is 0 Å². The maximum absolute atomic E-state index is 3.36. The van der Waals surface area contributed by atoms with Crippen LogP contribution in [0.4, 0.5) is 0 Å². The molecule has 0 aromatic rings. The molecule has 0 aromatic carbocycles. The van der Waals surface area contributed by atoms with E-state index >= 15 is 0 Å². The molecule has 0 bridgehead atoms. The summed E-state index contributed by atoms with van der Waals surface area (Å²) < 4.78 is 0. The molecule has 0 nitrogen and oxygen atoms in total. The van der Waals surface area contributed by atoms with Gasteiger partial charge in [0.25, 0.3) is 0 Å². The number of allylic oxidation sites excluding steroid dienone is 16. The second-order valence-electron chi connectivity index (χ2n) is 4.17. The van der Waals surface area contributed by atoms with E-state index < -0.39 is 0 Å². The molecule has 3 aliphatic rings. The van der Waals surface area contributed by atoms with Gasteiger partial charge in [-0.2, -0.15) is 0 Å². The van der Waals surface area contributed by atoms with Crippen LogP contribution in [0.3, 0.4) is 0 Å². The zero-order chi connectivity index (χ0) is 11.5. The van der Waals surface area contributed by atoms with Crippen LogP contribution >= 0.6 is 0 Å². The third-order valence-electron chi connectivity index (χ3n) is 3.09. The normalized spacial score (nSPS) is 24.9. The monoisotopic (exact) mass is 217 g/mol. The summed E-state index contributed by atoms with van der Waals surface area (Å²) in [5, 5.41) is 0. The fraction of sp³-hybridized carbons (Fsp3) is 0.0588. The van der Waals surface area contributed by atoms with Crippen LogP contribution in [-0.4, -0.2) is 0 Å². The second-order valence-corrected chi connectivity index (χ2v) is 4.17. The van der Waals surface area contributed by atoms with E-state index in [1.54, 1.807) is 0 Å². The largest absolute Gasteiger partial charge is 0.0726 e. The minimum absolute atomic E-state index is 0.308. The summed E-state index contributed by atoms with van der Waals surface area (Å²) in [6.07, 6.45) is 28.7. The quantitative estimate of drug-likeness (QED) is 0.575. The molecule has 1 atom stereocenters. The molecule has 1 unspecified atom stereocenters. The van der Waals surface area contributed by atoms with Gasteiger partial charge in [-0.05, 0) is 22.8 Å². The molecule has 0 fully saturated rings. The summed E-state index contributed by atoms with van der Waals surface area (Å²) in [5.74, 6) is 0.308. The number of hydrogen-bond donors (Lipinski definition) is 0. The molecule has 1 radical (unpaired) electrons. The molecule has 3 rings (SSSR count). The van der Waals surface area contributed by atoms with Crippen LogP contribution < -0.4 is 0 Å². The fourth-order valence-electron chi connectivity index (χ4n) is 2.25. The van der Waals surface area contributed by atoms with Crippen molar-refractivity contribution >= 4 is 0 Å². The van der Waals surface area contributed by atoms with Crippen molar-refractivity contribution < 1.29 is 0 Å². The fourth-order valence-corrected chi connectivity index (χ4v) is 2.25. The van der Waals surface area contributed by atoms with Crippen molar-refractivity contribution in [3.05, 3.63) is 95.7 Å². The SMILES string of the molecule is [C]1=CC=C2C=CC=CC=C2C2C=CC=CC=C12. The Hall–Kier alpha value is -2.08. The van der Waals surface area contributed by atoms with Crippen LogP contribution in [0.25, 0.3) is 0 Å². The Morgan fingerprint density at radius 3 is 2.71 bits per heavy atom. The van der Waals surface area contributed by atoms with Crippen molar-refractivity contribution in [3.8, 4) is 0 Å². The molecule has 0 aliphatic heterocycles. The van der Waals surface area contributed by atoms with E-state index in [-0.39, 0.29) is 0 Å². The lowest BCUT2D eigenvalue weighted by molar-refractivity contribution is 0.940. The van der Waals surface area contributed by atoms with Gasteiger partial charge in [-0.1, -0.05) is 72.9 Å². The first-order valence-corrected chi connectivity index (χ1v) is 5.85. The lowest BCUT2D eigenvalue weighted by atomic mass is 9.87. The number of rotatable bonds is 0. The van der Waals surface area contributed by atoms with E-state index in [4.69, 9.17) is 0 Å². The molecule has 0 heteroatoms. The standard InChI is InChI=1S/C17H13/c1-3-8-14-10-7-11-15-9-4-2-6-13-17(15)16(14)12-5-1/h1-10,12-13,17H.